The summed E-state index contributed by atoms with van der Waals surface area (Å²) < 4.78 is 2.70. The number of ketones is 1. The van der Waals surface area contributed by atoms with Crippen molar-refractivity contribution in [3.8, 4) is 11.8 Å². The number of nitrogens with two attached hydrogens (primary N) is 1. The van der Waals surface area contributed by atoms with E-state index in [1.807, 2.05) is 48.9 Å². The lowest BCUT2D eigenvalue weighted by atomic mass is 9.68. The van der Waals surface area contributed by atoms with Crippen molar-refractivity contribution < 1.29 is 4.79 Å². The molecule has 38 heavy (non-hydrogen) atoms. The van der Waals surface area contributed by atoms with E-state index in [0.29, 0.717) is 40.2 Å². The molecule has 0 fully saturated rings. The molecule has 2 aromatic heterocycles. The van der Waals surface area contributed by atoms with Crippen molar-refractivity contribution >= 4 is 34.0 Å². The van der Waals surface area contributed by atoms with Crippen molar-refractivity contribution in [1.29, 1.82) is 5.26 Å². The zero-order valence-corrected chi connectivity index (χ0v) is 24.1. The van der Waals surface area contributed by atoms with Gasteiger partial charge in [0.1, 0.15) is 5.82 Å². The minimum Gasteiger partial charge on any atom is -0.384 e. The van der Waals surface area contributed by atoms with Crippen LogP contribution in [0.4, 0.5) is 5.13 Å². The molecule has 0 bridgehead atoms. The first-order chi connectivity index (χ1) is 18.0. The first-order valence-electron chi connectivity index (χ1n) is 12.6. The van der Waals surface area contributed by atoms with Gasteiger partial charge in [-0.05, 0) is 37.8 Å². The number of nitriles is 1. The number of rotatable bonds is 5. The molecule has 5 rings (SSSR count). The highest BCUT2D eigenvalue weighted by molar-refractivity contribution is 8.01. The topological polar surface area (TPSA) is 114 Å². The van der Waals surface area contributed by atoms with Gasteiger partial charge in [-0.2, -0.15) is 10.4 Å². The number of allylic oxidation sites excluding steroid dienone is 3. The second kappa shape index (κ2) is 9.71. The monoisotopic (exact) mass is 545 g/mol. The van der Waals surface area contributed by atoms with Crippen LogP contribution in [0.5, 0.6) is 0 Å². The number of aromatic nitrogens is 4. The predicted molar refractivity (Wildman–Crippen MR) is 151 cm³/mol. The van der Waals surface area contributed by atoms with Gasteiger partial charge in [0.15, 0.2) is 10.1 Å². The maximum Gasteiger partial charge on any atom is 0.219 e. The summed E-state index contributed by atoms with van der Waals surface area (Å²) >= 11 is 3.05. The fourth-order valence-corrected chi connectivity index (χ4v) is 7.56. The summed E-state index contributed by atoms with van der Waals surface area (Å²) in [6.45, 7) is 12.3. The molecule has 0 saturated carbocycles. The van der Waals surface area contributed by atoms with Crippen LogP contribution in [0.2, 0.25) is 0 Å². The molecule has 1 atom stereocenters. The van der Waals surface area contributed by atoms with Gasteiger partial charge >= 0.3 is 0 Å². The summed E-state index contributed by atoms with van der Waals surface area (Å²) in [7, 11) is 0. The van der Waals surface area contributed by atoms with Crippen LogP contribution in [0.25, 0.3) is 5.69 Å². The van der Waals surface area contributed by atoms with Crippen LogP contribution >= 0.6 is 23.1 Å². The highest BCUT2D eigenvalue weighted by Gasteiger charge is 2.46. The Kier molecular flexibility index (Phi) is 6.70. The summed E-state index contributed by atoms with van der Waals surface area (Å²) in [5.41, 5.74) is 11.7. The van der Waals surface area contributed by atoms with Gasteiger partial charge in [0.25, 0.3) is 0 Å². The van der Waals surface area contributed by atoms with E-state index in [1.165, 1.54) is 11.3 Å². The van der Waals surface area contributed by atoms with Crippen LogP contribution < -0.4 is 10.6 Å². The molecule has 1 aromatic carbocycles. The van der Waals surface area contributed by atoms with E-state index in [4.69, 9.17) is 10.8 Å². The van der Waals surface area contributed by atoms with E-state index in [9.17, 15) is 10.1 Å². The molecule has 0 radical (unpaired) electrons. The zero-order valence-electron chi connectivity index (χ0n) is 22.4. The van der Waals surface area contributed by atoms with Crippen LogP contribution in [0.1, 0.15) is 63.4 Å². The molecule has 0 amide bonds. The van der Waals surface area contributed by atoms with Crippen molar-refractivity contribution in [2.75, 3.05) is 4.90 Å². The van der Waals surface area contributed by atoms with Crippen molar-refractivity contribution in [3.63, 3.8) is 0 Å². The van der Waals surface area contributed by atoms with E-state index in [-0.39, 0.29) is 11.2 Å². The highest BCUT2D eigenvalue weighted by Crippen LogP contribution is 2.51. The molecule has 2 aliphatic rings. The number of benzene rings is 1. The molecule has 1 aliphatic heterocycles. The van der Waals surface area contributed by atoms with Crippen molar-refractivity contribution in [3.05, 3.63) is 69.9 Å². The molecular weight excluding hydrogens is 514 g/mol. The third kappa shape index (κ3) is 4.44. The number of hydrogen-bond acceptors (Lipinski definition) is 9. The Balaban J connectivity index is 1.73. The van der Waals surface area contributed by atoms with Gasteiger partial charge in [-0.3, -0.25) is 9.69 Å². The van der Waals surface area contributed by atoms with Gasteiger partial charge in [-0.15, -0.1) is 10.2 Å². The molecule has 3 heterocycles. The number of para-hydroxylation sites is 1. The van der Waals surface area contributed by atoms with E-state index >= 15 is 0 Å². The van der Waals surface area contributed by atoms with Gasteiger partial charge in [-0.1, -0.05) is 69.0 Å². The molecular formula is C28H31N7OS2. The molecule has 1 aliphatic carbocycles. The molecule has 0 unspecified atom stereocenters. The predicted octanol–water partition coefficient (Wildman–Crippen LogP) is 5.78. The molecule has 10 heteroatoms. The lowest BCUT2D eigenvalue weighted by Gasteiger charge is -2.42. The highest BCUT2D eigenvalue weighted by atomic mass is 32.2. The average molecular weight is 546 g/mol. The minimum atomic E-state index is -0.593. The Labute approximate surface area is 231 Å². The van der Waals surface area contributed by atoms with Crippen molar-refractivity contribution in [1.82, 2.24) is 20.0 Å². The normalized spacial score (nSPS) is 19.3. The zero-order chi connectivity index (χ0) is 27.4. The first kappa shape index (κ1) is 26.2. The average Bonchev–Trinajstić information content (AvgIpc) is 3.41. The second-order valence-electron chi connectivity index (χ2n) is 10.8. The third-order valence-electron chi connectivity index (χ3n) is 6.94. The number of anilines is 1. The number of carbonyl (C=O) groups is 1. The summed E-state index contributed by atoms with van der Waals surface area (Å²) in [6, 6.07) is 12.2. The Morgan fingerprint density at radius 3 is 2.55 bits per heavy atom. The van der Waals surface area contributed by atoms with Crippen molar-refractivity contribution in [2.45, 2.75) is 69.9 Å². The van der Waals surface area contributed by atoms with E-state index in [1.54, 1.807) is 16.7 Å². The van der Waals surface area contributed by atoms with Gasteiger partial charge in [0, 0.05) is 34.2 Å². The molecule has 0 spiro atoms. The molecule has 2 N–H and O–H groups in total. The van der Waals surface area contributed by atoms with Gasteiger partial charge in [-0.25, -0.2) is 4.68 Å². The quantitative estimate of drug-likeness (QED) is 0.401. The van der Waals surface area contributed by atoms with Gasteiger partial charge < -0.3 is 5.73 Å². The maximum atomic E-state index is 13.9. The summed E-state index contributed by atoms with van der Waals surface area (Å²) in [4.78, 5) is 15.7. The number of nitrogens with zero attached hydrogens (tertiary/aromatic N) is 6. The van der Waals surface area contributed by atoms with Crippen molar-refractivity contribution in [2.24, 2.45) is 11.1 Å². The fourth-order valence-electron chi connectivity index (χ4n) is 5.45. The Morgan fingerprint density at radius 1 is 1.18 bits per heavy atom. The smallest absolute Gasteiger partial charge is 0.219 e. The van der Waals surface area contributed by atoms with Crippen LogP contribution in [-0.2, 0) is 4.79 Å². The standard InChI is InChI=1S/C28H31N7OS2/c1-15(2)37-27-32-31-26(38-27)34-20-12-28(5,6)13-21(36)24(20)23(19(14-29)25(34)30)22-16(3)33-35(17(22)4)18-10-8-7-9-11-18/h7-11,15,23H,12-13,30H2,1-6H3/t23-/m0/s1. The number of Topliss-reactive ketones (excluding diaryl/α,β-unsaturated/α-hetero) is 1. The Hall–Kier alpha value is -3.42. The fraction of sp³-hybridized carbons (Fsp3) is 0.393. The van der Waals surface area contributed by atoms with Crippen LogP contribution in [0.3, 0.4) is 0 Å². The maximum absolute atomic E-state index is 13.9. The molecule has 0 saturated heterocycles. The van der Waals surface area contributed by atoms with E-state index in [0.717, 1.165) is 32.7 Å². The van der Waals surface area contributed by atoms with Gasteiger partial charge in [0.05, 0.1) is 28.9 Å². The SMILES string of the molecule is Cc1nn(-c2ccccc2)c(C)c1[C@@H]1C(C#N)=C(N)N(c2nnc(SC(C)C)s2)C2=C1C(=O)CC(C)(C)C2. The number of carbonyl (C=O) groups excluding carboxylic acids is 1. The third-order valence-corrected chi connectivity index (χ3v) is 8.94. The first-order valence-corrected chi connectivity index (χ1v) is 14.3. The Morgan fingerprint density at radius 2 is 1.89 bits per heavy atom. The molecule has 8 nitrogen and oxygen atoms in total. The number of hydrogen-bond donors (Lipinski definition) is 1. The second-order valence-corrected chi connectivity index (χ2v) is 13.6. The van der Waals surface area contributed by atoms with Crippen LogP contribution in [0.15, 0.2) is 57.3 Å². The lowest BCUT2D eigenvalue weighted by Crippen LogP contribution is -2.42. The molecule has 3 aromatic rings. The summed E-state index contributed by atoms with van der Waals surface area (Å²) in [5.74, 6) is -0.269. The number of aryl methyl sites for hydroxylation is 1. The largest absolute Gasteiger partial charge is 0.384 e. The lowest BCUT2D eigenvalue weighted by molar-refractivity contribution is -0.118. The van der Waals surface area contributed by atoms with Crippen LogP contribution in [0, 0.1) is 30.6 Å². The van der Waals surface area contributed by atoms with E-state index in [2.05, 4.69) is 44.0 Å². The molecule has 196 valence electrons. The summed E-state index contributed by atoms with van der Waals surface area (Å²) in [5, 5.41) is 25.0. The van der Waals surface area contributed by atoms with Gasteiger partial charge in [0.2, 0.25) is 5.13 Å². The van der Waals surface area contributed by atoms with E-state index < -0.39 is 5.92 Å². The Bertz CT molecular complexity index is 1520. The number of thioether (sulfide) groups is 1. The minimum absolute atomic E-state index is 0.0269. The summed E-state index contributed by atoms with van der Waals surface area (Å²) in [6.07, 6.45) is 1.02. The van der Waals surface area contributed by atoms with Crippen LogP contribution in [-0.4, -0.2) is 31.0 Å².